The van der Waals surface area contributed by atoms with Crippen LogP contribution in [0.3, 0.4) is 0 Å². The van der Waals surface area contributed by atoms with E-state index in [9.17, 15) is 4.79 Å². The molecule has 1 fully saturated rings. The lowest BCUT2D eigenvalue weighted by molar-refractivity contribution is -0.142. The molecule has 0 bridgehead atoms. The molecule has 1 rings (SSSR count). The number of amides is 1. The Morgan fingerprint density at radius 3 is 2.50 bits per heavy atom. The molecule has 1 aliphatic carbocycles. The molecule has 0 heterocycles. The fraction of sp³-hybridized carbons (Fsp3) is 0.889. The fourth-order valence-corrected chi connectivity index (χ4v) is 1.99. The van der Waals surface area contributed by atoms with Crippen molar-refractivity contribution in [3.8, 4) is 0 Å². The van der Waals surface area contributed by atoms with Gasteiger partial charge < -0.3 is 0 Å². The zero-order chi connectivity index (χ0) is 9.03. The van der Waals surface area contributed by atoms with E-state index in [1.54, 1.807) is 0 Å². The zero-order valence-electron chi connectivity index (χ0n) is 7.85. The highest BCUT2D eigenvalue weighted by atomic mass is 16.6. The molecule has 0 aromatic rings. The smallest absolute Gasteiger partial charge is 0.249 e. The summed E-state index contributed by atoms with van der Waals surface area (Å²) < 4.78 is 0. The molecule has 1 aliphatic rings. The number of hydrogen-bond acceptors (Lipinski definition) is 2. The molecule has 0 saturated heterocycles. The first-order valence-corrected chi connectivity index (χ1v) is 4.58. The van der Waals surface area contributed by atoms with Crippen LogP contribution in [-0.2, 0) is 9.63 Å². The molecule has 3 heteroatoms. The summed E-state index contributed by atoms with van der Waals surface area (Å²) >= 11 is 0. The maximum absolute atomic E-state index is 11.6. The van der Waals surface area contributed by atoms with E-state index in [4.69, 9.17) is 0 Å². The molecule has 0 aliphatic heterocycles. The minimum Gasteiger partial charge on any atom is -0.277 e. The van der Waals surface area contributed by atoms with Crippen LogP contribution >= 0.6 is 0 Å². The Kier molecular flexibility index (Phi) is 3.09. The summed E-state index contributed by atoms with van der Waals surface area (Å²) in [5.74, 6) is 0.0602. The van der Waals surface area contributed by atoms with E-state index in [2.05, 4.69) is 17.2 Å². The van der Waals surface area contributed by atoms with Gasteiger partial charge in [0.1, 0.15) is 0 Å². The zero-order valence-corrected chi connectivity index (χ0v) is 7.85. The summed E-state index contributed by atoms with van der Waals surface area (Å²) in [6, 6.07) is 0. The van der Waals surface area contributed by atoms with Gasteiger partial charge in [0.2, 0.25) is 5.91 Å². The number of carbonyl (C=O) groups is 1. The summed E-state index contributed by atoms with van der Waals surface area (Å²) in [4.78, 5) is 16.2. The van der Waals surface area contributed by atoms with Crippen molar-refractivity contribution >= 4 is 5.91 Å². The summed E-state index contributed by atoms with van der Waals surface area (Å²) in [6.07, 6.45) is 5.29. The first-order chi connectivity index (χ1) is 5.75. The third kappa shape index (κ3) is 1.61. The Morgan fingerprint density at radius 2 is 2.08 bits per heavy atom. The molecule has 0 spiro atoms. The summed E-state index contributed by atoms with van der Waals surface area (Å²) in [6.45, 7) is 2.07. The Labute approximate surface area is 73.4 Å². The van der Waals surface area contributed by atoms with Crippen LogP contribution in [0.15, 0.2) is 0 Å². The van der Waals surface area contributed by atoms with E-state index in [-0.39, 0.29) is 11.3 Å². The number of hydrogen-bond donors (Lipinski definition) is 1. The predicted molar refractivity (Wildman–Crippen MR) is 46.3 cm³/mol. The van der Waals surface area contributed by atoms with E-state index in [0.717, 1.165) is 19.3 Å². The van der Waals surface area contributed by atoms with E-state index in [1.165, 1.54) is 20.0 Å². The maximum Gasteiger partial charge on any atom is 0.249 e. The predicted octanol–water partition coefficient (Wildman–Crippen LogP) is 1.63. The van der Waals surface area contributed by atoms with Crippen molar-refractivity contribution in [1.82, 2.24) is 5.48 Å². The van der Waals surface area contributed by atoms with Gasteiger partial charge in [-0.25, -0.2) is 5.48 Å². The van der Waals surface area contributed by atoms with Gasteiger partial charge in [-0.15, -0.1) is 0 Å². The van der Waals surface area contributed by atoms with Crippen molar-refractivity contribution in [2.24, 2.45) is 5.41 Å². The number of hydroxylamine groups is 1. The standard InChI is InChI=1S/C9H17NO2/c1-3-9(6-4-5-7-9)8(11)10-12-2/h3-7H2,1-2H3,(H,10,11). The van der Waals surface area contributed by atoms with Crippen molar-refractivity contribution in [1.29, 1.82) is 0 Å². The first-order valence-electron chi connectivity index (χ1n) is 4.58. The molecular formula is C9H17NO2. The van der Waals surface area contributed by atoms with E-state index in [0.29, 0.717) is 0 Å². The molecule has 1 amide bonds. The highest BCUT2D eigenvalue weighted by Gasteiger charge is 2.39. The largest absolute Gasteiger partial charge is 0.277 e. The second kappa shape index (κ2) is 3.90. The monoisotopic (exact) mass is 171 g/mol. The quantitative estimate of drug-likeness (QED) is 0.655. The lowest BCUT2D eigenvalue weighted by Gasteiger charge is -2.24. The van der Waals surface area contributed by atoms with Gasteiger partial charge in [-0.3, -0.25) is 9.63 Å². The minimum atomic E-state index is -0.129. The van der Waals surface area contributed by atoms with Crippen LogP contribution in [0.4, 0.5) is 0 Å². The molecule has 70 valence electrons. The van der Waals surface area contributed by atoms with Crippen molar-refractivity contribution < 1.29 is 9.63 Å². The van der Waals surface area contributed by atoms with Crippen LogP contribution in [-0.4, -0.2) is 13.0 Å². The number of rotatable bonds is 3. The molecule has 12 heavy (non-hydrogen) atoms. The number of nitrogens with one attached hydrogen (secondary N) is 1. The van der Waals surface area contributed by atoms with E-state index >= 15 is 0 Å². The summed E-state index contributed by atoms with van der Waals surface area (Å²) in [5, 5.41) is 0. The van der Waals surface area contributed by atoms with Crippen LogP contribution in [0, 0.1) is 5.41 Å². The Balaban J connectivity index is 2.59. The van der Waals surface area contributed by atoms with Crippen molar-refractivity contribution in [3.05, 3.63) is 0 Å². The first kappa shape index (κ1) is 9.52. The van der Waals surface area contributed by atoms with Crippen LogP contribution in [0.2, 0.25) is 0 Å². The van der Waals surface area contributed by atoms with E-state index in [1.807, 2.05) is 0 Å². The van der Waals surface area contributed by atoms with Crippen LogP contribution in [0.5, 0.6) is 0 Å². The fourth-order valence-electron chi connectivity index (χ4n) is 1.99. The van der Waals surface area contributed by atoms with Crippen LogP contribution in [0.25, 0.3) is 0 Å². The van der Waals surface area contributed by atoms with Crippen LogP contribution in [0.1, 0.15) is 39.0 Å². The maximum atomic E-state index is 11.6. The van der Waals surface area contributed by atoms with E-state index < -0.39 is 0 Å². The van der Waals surface area contributed by atoms with Gasteiger partial charge in [-0.05, 0) is 19.3 Å². The minimum absolute atomic E-state index is 0.0602. The second-order valence-corrected chi connectivity index (χ2v) is 3.48. The third-order valence-electron chi connectivity index (χ3n) is 2.91. The molecular weight excluding hydrogens is 154 g/mol. The Morgan fingerprint density at radius 1 is 1.50 bits per heavy atom. The topological polar surface area (TPSA) is 38.3 Å². The van der Waals surface area contributed by atoms with Gasteiger partial charge in [-0.1, -0.05) is 19.8 Å². The van der Waals surface area contributed by atoms with Gasteiger partial charge >= 0.3 is 0 Å². The summed E-state index contributed by atoms with van der Waals surface area (Å²) in [7, 11) is 1.48. The molecule has 1 saturated carbocycles. The molecule has 0 aromatic heterocycles. The molecule has 1 N–H and O–H groups in total. The lowest BCUT2D eigenvalue weighted by atomic mass is 9.83. The van der Waals surface area contributed by atoms with Gasteiger partial charge in [0.25, 0.3) is 0 Å². The van der Waals surface area contributed by atoms with Crippen molar-refractivity contribution in [2.45, 2.75) is 39.0 Å². The molecule has 0 radical (unpaired) electrons. The van der Waals surface area contributed by atoms with Crippen molar-refractivity contribution in [2.75, 3.05) is 7.11 Å². The van der Waals surface area contributed by atoms with Crippen molar-refractivity contribution in [3.63, 3.8) is 0 Å². The van der Waals surface area contributed by atoms with Crippen LogP contribution < -0.4 is 5.48 Å². The summed E-state index contributed by atoms with van der Waals surface area (Å²) in [5.41, 5.74) is 2.31. The van der Waals surface area contributed by atoms with Gasteiger partial charge in [-0.2, -0.15) is 0 Å². The highest BCUT2D eigenvalue weighted by Crippen LogP contribution is 2.40. The van der Waals surface area contributed by atoms with Gasteiger partial charge in [0, 0.05) is 0 Å². The number of carbonyl (C=O) groups excluding carboxylic acids is 1. The molecule has 0 unspecified atom stereocenters. The average molecular weight is 171 g/mol. The Hall–Kier alpha value is -0.570. The normalized spacial score (nSPS) is 20.8. The Bertz CT molecular complexity index is 162. The second-order valence-electron chi connectivity index (χ2n) is 3.48. The molecule has 0 aromatic carbocycles. The van der Waals surface area contributed by atoms with Gasteiger partial charge in [0.05, 0.1) is 12.5 Å². The average Bonchev–Trinajstić information content (AvgIpc) is 2.54. The molecule has 0 atom stereocenters. The molecule has 3 nitrogen and oxygen atoms in total. The SMILES string of the molecule is CCC1(C(=O)NOC)CCCC1. The van der Waals surface area contributed by atoms with Gasteiger partial charge in [0.15, 0.2) is 0 Å². The highest BCUT2D eigenvalue weighted by molar-refractivity contribution is 5.81. The third-order valence-corrected chi connectivity index (χ3v) is 2.91. The lowest BCUT2D eigenvalue weighted by Crippen LogP contribution is -2.38.